The number of anilines is 1. The second-order valence-corrected chi connectivity index (χ2v) is 6.55. The largest absolute Gasteiger partial charge is 0.497 e. The van der Waals surface area contributed by atoms with Crippen LogP contribution in [0.2, 0.25) is 0 Å². The number of nitrogens with two attached hydrogens (primary N) is 1. The Morgan fingerprint density at radius 3 is 1.86 bits per heavy atom. The standard InChI is InChI=1S/C15H14O.C10H15N.C2H6/c1-12(13-6-4-3-5-7-13)14-8-10-15(16-2)11-9-14;1-3-8(2)9-4-6-10(11)7-5-9;1-2/h3-11H,1H2,2H3;4-8H,3,11H2,1-2H3;1-2H3. The molecule has 154 valence electrons. The number of methoxy groups -OCH3 is 1. The molecule has 0 bridgehead atoms. The first kappa shape index (κ1) is 24.0. The van der Waals surface area contributed by atoms with Gasteiger partial charge < -0.3 is 10.5 Å². The van der Waals surface area contributed by atoms with E-state index in [1.54, 1.807) is 7.11 Å². The van der Waals surface area contributed by atoms with Crippen LogP contribution in [0.25, 0.3) is 5.57 Å². The van der Waals surface area contributed by atoms with Crippen LogP contribution >= 0.6 is 0 Å². The van der Waals surface area contributed by atoms with Gasteiger partial charge in [-0.15, -0.1) is 0 Å². The average Bonchev–Trinajstić information content (AvgIpc) is 2.81. The molecule has 2 heteroatoms. The van der Waals surface area contributed by atoms with Gasteiger partial charge in [0.05, 0.1) is 7.11 Å². The lowest BCUT2D eigenvalue weighted by Gasteiger charge is -2.07. The Balaban J connectivity index is 0.000000284. The fourth-order valence-corrected chi connectivity index (χ4v) is 2.66. The van der Waals surface area contributed by atoms with Gasteiger partial charge in [-0.05, 0) is 58.9 Å². The van der Waals surface area contributed by atoms with E-state index in [1.165, 1.54) is 12.0 Å². The molecule has 2 nitrogen and oxygen atoms in total. The molecule has 0 heterocycles. The molecule has 0 saturated carbocycles. The van der Waals surface area contributed by atoms with Gasteiger partial charge in [-0.3, -0.25) is 0 Å². The summed E-state index contributed by atoms with van der Waals surface area (Å²) in [7, 11) is 1.67. The molecule has 3 aromatic carbocycles. The summed E-state index contributed by atoms with van der Waals surface area (Å²) in [4.78, 5) is 0. The molecule has 0 amide bonds. The van der Waals surface area contributed by atoms with E-state index >= 15 is 0 Å². The predicted octanol–water partition coefficient (Wildman–Crippen LogP) is 7.57. The number of ether oxygens (including phenoxy) is 1. The van der Waals surface area contributed by atoms with E-state index in [1.807, 2.05) is 68.4 Å². The summed E-state index contributed by atoms with van der Waals surface area (Å²) < 4.78 is 5.12. The molecule has 0 saturated heterocycles. The van der Waals surface area contributed by atoms with Crippen molar-refractivity contribution < 1.29 is 4.74 Å². The molecule has 0 radical (unpaired) electrons. The first-order valence-corrected chi connectivity index (χ1v) is 10.3. The third-order valence-electron chi connectivity index (χ3n) is 4.68. The van der Waals surface area contributed by atoms with Crippen molar-refractivity contribution in [2.45, 2.75) is 40.0 Å². The van der Waals surface area contributed by atoms with E-state index in [0.717, 1.165) is 28.1 Å². The summed E-state index contributed by atoms with van der Waals surface area (Å²) in [6, 6.07) is 26.2. The maximum absolute atomic E-state index is 5.57. The minimum atomic E-state index is 0.649. The Bertz CT molecular complexity index is 821. The zero-order valence-corrected chi connectivity index (χ0v) is 18.5. The monoisotopic (exact) mass is 389 g/mol. The minimum Gasteiger partial charge on any atom is -0.497 e. The first-order valence-electron chi connectivity index (χ1n) is 10.3. The highest BCUT2D eigenvalue weighted by Gasteiger charge is 2.02. The highest BCUT2D eigenvalue weighted by Crippen LogP contribution is 2.23. The maximum atomic E-state index is 5.57. The zero-order chi connectivity index (χ0) is 21.6. The van der Waals surface area contributed by atoms with Crippen LogP contribution in [0.15, 0.2) is 85.4 Å². The molecule has 29 heavy (non-hydrogen) atoms. The molecule has 2 N–H and O–H groups in total. The van der Waals surface area contributed by atoms with Crippen molar-refractivity contribution >= 4 is 11.3 Å². The van der Waals surface area contributed by atoms with Crippen molar-refractivity contribution in [1.29, 1.82) is 0 Å². The maximum Gasteiger partial charge on any atom is 0.118 e. The minimum absolute atomic E-state index is 0.649. The van der Waals surface area contributed by atoms with Gasteiger partial charge in [0, 0.05) is 5.69 Å². The van der Waals surface area contributed by atoms with E-state index in [4.69, 9.17) is 10.5 Å². The third kappa shape index (κ3) is 7.87. The number of nitrogen functional groups attached to an aromatic ring is 1. The van der Waals surface area contributed by atoms with Crippen molar-refractivity contribution in [3.63, 3.8) is 0 Å². The highest BCUT2D eigenvalue weighted by molar-refractivity contribution is 5.78. The average molecular weight is 390 g/mol. The number of hydrogen-bond acceptors (Lipinski definition) is 2. The van der Waals surface area contributed by atoms with Crippen LogP contribution in [0.3, 0.4) is 0 Å². The summed E-state index contributed by atoms with van der Waals surface area (Å²) in [5, 5.41) is 0. The number of rotatable bonds is 5. The molecular weight excluding hydrogens is 354 g/mol. The molecule has 3 rings (SSSR count). The van der Waals surface area contributed by atoms with Crippen LogP contribution in [0.5, 0.6) is 5.75 Å². The second-order valence-electron chi connectivity index (χ2n) is 6.55. The van der Waals surface area contributed by atoms with Gasteiger partial charge in [-0.25, -0.2) is 0 Å². The lowest BCUT2D eigenvalue weighted by atomic mass is 9.99. The van der Waals surface area contributed by atoms with E-state index < -0.39 is 0 Å². The topological polar surface area (TPSA) is 35.2 Å². The quantitative estimate of drug-likeness (QED) is 0.457. The molecule has 3 aromatic rings. The summed E-state index contributed by atoms with van der Waals surface area (Å²) in [6.07, 6.45) is 1.18. The van der Waals surface area contributed by atoms with Gasteiger partial charge in [-0.2, -0.15) is 0 Å². The van der Waals surface area contributed by atoms with Crippen LogP contribution in [0.4, 0.5) is 5.69 Å². The van der Waals surface area contributed by atoms with Crippen molar-refractivity contribution in [2.24, 2.45) is 0 Å². The summed E-state index contributed by atoms with van der Waals surface area (Å²) in [6.45, 7) is 12.5. The predicted molar refractivity (Wildman–Crippen MR) is 128 cm³/mol. The summed E-state index contributed by atoms with van der Waals surface area (Å²) >= 11 is 0. The van der Waals surface area contributed by atoms with Gasteiger partial charge in [0.2, 0.25) is 0 Å². The SMILES string of the molecule is C=C(c1ccccc1)c1ccc(OC)cc1.CC.CCC(C)c1ccc(N)cc1. The van der Waals surface area contributed by atoms with Crippen molar-refractivity contribution in [3.8, 4) is 5.75 Å². The Kier molecular flexibility index (Phi) is 11.0. The van der Waals surface area contributed by atoms with Crippen molar-refractivity contribution in [2.75, 3.05) is 12.8 Å². The summed E-state index contributed by atoms with van der Waals surface area (Å²) in [5.74, 6) is 1.51. The van der Waals surface area contributed by atoms with Crippen molar-refractivity contribution in [1.82, 2.24) is 0 Å². The van der Waals surface area contributed by atoms with Crippen LogP contribution < -0.4 is 10.5 Å². The lowest BCUT2D eigenvalue weighted by Crippen LogP contribution is -1.91. The lowest BCUT2D eigenvalue weighted by molar-refractivity contribution is 0.415. The first-order chi connectivity index (χ1) is 14.0. The van der Waals surface area contributed by atoms with Crippen molar-refractivity contribution in [3.05, 3.63) is 102 Å². The number of benzene rings is 3. The Morgan fingerprint density at radius 1 is 0.862 bits per heavy atom. The molecule has 0 fully saturated rings. The molecule has 0 aromatic heterocycles. The van der Waals surface area contributed by atoms with Crippen LogP contribution in [-0.2, 0) is 0 Å². The Morgan fingerprint density at radius 2 is 1.38 bits per heavy atom. The van der Waals surface area contributed by atoms with E-state index in [9.17, 15) is 0 Å². The third-order valence-corrected chi connectivity index (χ3v) is 4.68. The fourth-order valence-electron chi connectivity index (χ4n) is 2.66. The number of hydrogen-bond donors (Lipinski definition) is 1. The van der Waals surface area contributed by atoms with Gasteiger partial charge in [0.15, 0.2) is 0 Å². The van der Waals surface area contributed by atoms with Gasteiger partial charge in [0.25, 0.3) is 0 Å². The molecule has 0 aliphatic heterocycles. The van der Waals surface area contributed by atoms with Gasteiger partial charge in [-0.1, -0.05) is 88.9 Å². The smallest absolute Gasteiger partial charge is 0.118 e. The van der Waals surface area contributed by atoms with Gasteiger partial charge >= 0.3 is 0 Å². The Hall–Kier alpha value is -3.00. The molecule has 0 aliphatic rings. The van der Waals surface area contributed by atoms with Crippen LogP contribution in [0.1, 0.15) is 56.7 Å². The van der Waals surface area contributed by atoms with E-state index in [2.05, 4.69) is 44.7 Å². The molecular formula is C27H35NO. The highest BCUT2D eigenvalue weighted by atomic mass is 16.5. The molecule has 1 atom stereocenters. The zero-order valence-electron chi connectivity index (χ0n) is 18.5. The molecule has 0 aliphatic carbocycles. The van der Waals surface area contributed by atoms with Gasteiger partial charge in [0.1, 0.15) is 5.75 Å². The second kappa shape index (κ2) is 13.2. The normalized spacial score (nSPS) is 10.5. The fraction of sp³-hybridized carbons (Fsp3) is 0.259. The van der Waals surface area contributed by atoms with E-state index in [-0.39, 0.29) is 0 Å². The van der Waals surface area contributed by atoms with E-state index in [0.29, 0.717) is 5.92 Å². The Labute approximate surface area is 177 Å². The van der Waals surface area contributed by atoms with Crippen LogP contribution in [0, 0.1) is 0 Å². The summed E-state index contributed by atoms with van der Waals surface area (Å²) in [5.41, 5.74) is 11.1. The molecule has 0 spiro atoms. The molecule has 1 unspecified atom stereocenters. The van der Waals surface area contributed by atoms with Crippen LogP contribution in [-0.4, -0.2) is 7.11 Å².